The fourth-order valence-corrected chi connectivity index (χ4v) is 4.98. The Balaban J connectivity index is 1.72. The van der Waals surface area contributed by atoms with Gasteiger partial charge < -0.3 is 19.9 Å². The highest BCUT2D eigenvalue weighted by atomic mass is 35.5. The topological polar surface area (TPSA) is 81.5 Å². The number of likely N-dealkylation sites (N-methyl/N-ethyl adjacent to an activating group) is 2. The molecule has 8 heteroatoms. The molecule has 1 atom stereocenters. The zero-order chi connectivity index (χ0) is 24.9. The van der Waals surface area contributed by atoms with Gasteiger partial charge in [-0.2, -0.15) is 5.26 Å². The lowest BCUT2D eigenvalue weighted by Gasteiger charge is -2.29. The van der Waals surface area contributed by atoms with Crippen molar-refractivity contribution in [3.05, 3.63) is 64.3 Å². The Morgan fingerprint density at radius 1 is 1.31 bits per heavy atom. The van der Waals surface area contributed by atoms with Crippen LogP contribution in [0.15, 0.2) is 42.6 Å². The second kappa shape index (κ2) is 10.9. The molecule has 1 fully saturated rings. The number of likely N-dealkylation sites (tertiary alicyclic amines) is 1. The minimum Gasteiger partial charge on any atom is -0.495 e. The number of benzene rings is 2. The van der Waals surface area contributed by atoms with E-state index < -0.39 is 0 Å². The van der Waals surface area contributed by atoms with Gasteiger partial charge in [0.25, 0.3) is 5.91 Å². The van der Waals surface area contributed by atoms with Crippen molar-refractivity contribution in [3.63, 3.8) is 0 Å². The molecule has 1 aromatic heterocycles. The number of hydrogen-bond donors (Lipinski definition) is 1. The standard InChI is InChI=1S/C27H30ClN5O2/c1-4-32-11-10-20(17-32)33(5-2)27(34)22-16-30-24-8-6-18(14-29)12-21(24)26(22)31-15-19-7-9-25(35-3)23(28)13-19/h6-9,12-13,16,20H,4-5,10-11,15,17H2,1-3H3,(H,30,31). The highest BCUT2D eigenvalue weighted by Crippen LogP contribution is 2.31. The van der Waals surface area contributed by atoms with E-state index in [1.807, 2.05) is 36.1 Å². The van der Waals surface area contributed by atoms with Crippen molar-refractivity contribution < 1.29 is 9.53 Å². The largest absolute Gasteiger partial charge is 0.495 e. The van der Waals surface area contributed by atoms with Gasteiger partial charge in [0.15, 0.2) is 0 Å². The van der Waals surface area contributed by atoms with E-state index in [1.54, 1.807) is 25.4 Å². The van der Waals surface area contributed by atoms with Crippen molar-refractivity contribution in [2.24, 2.45) is 0 Å². The van der Waals surface area contributed by atoms with Crippen LogP contribution in [-0.2, 0) is 6.54 Å². The Kier molecular flexibility index (Phi) is 7.74. The lowest BCUT2D eigenvalue weighted by Crippen LogP contribution is -2.42. The predicted octanol–water partition coefficient (Wildman–Crippen LogP) is 4.94. The average molecular weight is 492 g/mol. The summed E-state index contributed by atoms with van der Waals surface area (Å²) in [7, 11) is 1.58. The zero-order valence-electron chi connectivity index (χ0n) is 20.3. The van der Waals surface area contributed by atoms with Crippen LogP contribution in [0, 0.1) is 11.3 Å². The molecule has 3 aromatic rings. The maximum absolute atomic E-state index is 13.9. The van der Waals surface area contributed by atoms with E-state index in [2.05, 4.69) is 28.2 Å². The number of halogens is 1. The first-order chi connectivity index (χ1) is 17.0. The summed E-state index contributed by atoms with van der Waals surface area (Å²) in [6.45, 7) is 8.08. The summed E-state index contributed by atoms with van der Waals surface area (Å²) >= 11 is 6.32. The molecular formula is C27H30ClN5O2. The Labute approximate surface area is 211 Å². The molecular weight excluding hydrogens is 462 g/mol. The first-order valence-corrected chi connectivity index (χ1v) is 12.3. The molecule has 7 nitrogen and oxygen atoms in total. The minimum atomic E-state index is -0.0533. The lowest BCUT2D eigenvalue weighted by atomic mass is 10.0. The first kappa shape index (κ1) is 24.8. The Morgan fingerprint density at radius 3 is 2.80 bits per heavy atom. The monoisotopic (exact) mass is 491 g/mol. The maximum atomic E-state index is 13.9. The molecule has 0 spiro atoms. The van der Waals surface area contributed by atoms with Crippen LogP contribution in [-0.4, -0.2) is 60.0 Å². The van der Waals surface area contributed by atoms with Crippen LogP contribution in [0.2, 0.25) is 5.02 Å². The van der Waals surface area contributed by atoms with Gasteiger partial charge in [0.05, 0.1) is 40.5 Å². The van der Waals surface area contributed by atoms with E-state index in [4.69, 9.17) is 16.3 Å². The third-order valence-electron chi connectivity index (χ3n) is 6.65. The number of anilines is 1. The van der Waals surface area contributed by atoms with Gasteiger partial charge in [-0.3, -0.25) is 9.78 Å². The predicted molar refractivity (Wildman–Crippen MR) is 139 cm³/mol. The van der Waals surface area contributed by atoms with Crippen molar-refractivity contribution in [1.82, 2.24) is 14.8 Å². The van der Waals surface area contributed by atoms with Gasteiger partial charge in [-0.1, -0.05) is 24.6 Å². The van der Waals surface area contributed by atoms with Gasteiger partial charge in [0.1, 0.15) is 5.75 Å². The fraction of sp³-hybridized carbons (Fsp3) is 0.370. The van der Waals surface area contributed by atoms with Crippen LogP contribution in [0.3, 0.4) is 0 Å². The molecule has 1 N–H and O–H groups in total. The van der Waals surface area contributed by atoms with Gasteiger partial charge in [0.2, 0.25) is 0 Å². The van der Waals surface area contributed by atoms with E-state index in [0.717, 1.165) is 42.5 Å². The minimum absolute atomic E-state index is 0.0533. The highest BCUT2D eigenvalue weighted by molar-refractivity contribution is 6.32. The molecule has 0 saturated carbocycles. The third kappa shape index (κ3) is 5.19. The average Bonchev–Trinajstić information content (AvgIpc) is 3.36. The summed E-state index contributed by atoms with van der Waals surface area (Å²) in [4.78, 5) is 22.7. The number of fused-ring (bicyclic) bond motifs is 1. The number of nitriles is 1. The first-order valence-electron chi connectivity index (χ1n) is 11.9. The lowest BCUT2D eigenvalue weighted by molar-refractivity contribution is 0.0695. The summed E-state index contributed by atoms with van der Waals surface area (Å²) in [5, 5.41) is 14.2. The molecule has 0 aliphatic carbocycles. The molecule has 0 radical (unpaired) electrons. The Morgan fingerprint density at radius 2 is 2.14 bits per heavy atom. The number of carbonyl (C=O) groups excluding carboxylic acids is 1. The summed E-state index contributed by atoms with van der Waals surface area (Å²) in [5.74, 6) is 0.554. The molecule has 2 aromatic carbocycles. The Hall–Kier alpha value is -3.34. The Bertz CT molecular complexity index is 1270. The third-order valence-corrected chi connectivity index (χ3v) is 6.95. The number of hydrogen-bond acceptors (Lipinski definition) is 6. The molecule has 1 saturated heterocycles. The second-order valence-corrected chi connectivity index (χ2v) is 9.05. The van der Waals surface area contributed by atoms with E-state index >= 15 is 0 Å². The number of carbonyl (C=O) groups is 1. The van der Waals surface area contributed by atoms with Crippen molar-refractivity contribution >= 4 is 34.1 Å². The number of pyridine rings is 1. The molecule has 1 aliphatic rings. The molecule has 1 amide bonds. The van der Waals surface area contributed by atoms with Crippen LogP contribution in [0.4, 0.5) is 5.69 Å². The number of amides is 1. The van der Waals surface area contributed by atoms with E-state index in [-0.39, 0.29) is 11.9 Å². The van der Waals surface area contributed by atoms with E-state index in [1.165, 1.54) is 0 Å². The number of rotatable bonds is 8. The summed E-state index contributed by atoms with van der Waals surface area (Å²) in [6, 6.07) is 13.3. The van der Waals surface area contributed by atoms with Gasteiger partial charge in [0, 0.05) is 43.8 Å². The number of nitrogens with zero attached hydrogens (tertiary/aromatic N) is 4. The molecule has 1 unspecified atom stereocenters. The maximum Gasteiger partial charge on any atom is 0.257 e. The number of ether oxygens (including phenoxy) is 1. The molecule has 1 aliphatic heterocycles. The van der Waals surface area contributed by atoms with Crippen LogP contribution in [0.1, 0.15) is 41.8 Å². The number of methoxy groups -OCH3 is 1. The van der Waals surface area contributed by atoms with Gasteiger partial charge in [-0.25, -0.2) is 0 Å². The van der Waals surface area contributed by atoms with Crippen molar-refractivity contribution in [2.75, 3.05) is 38.6 Å². The molecule has 35 heavy (non-hydrogen) atoms. The van der Waals surface area contributed by atoms with Gasteiger partial charge in [-0.15, -0.1) is 0 Å². The molecule has 4 rings (SSSR count). The molecule has 2 heterocycles. The fourth-order valence-electron chi connectivity index (χ4n) is 4.70. The highest BCUT2D eigenvalue weighted by Gasteiger charge is 2.31. The van der Waals surface area contributed by atoms with Gasteiger partial charge >= 0.3 is 0 Å². The van der Waals surface area contributed by atoms with Crippen molar-refractivity contribution in [2.45, 2.75) is 32.9 Å². The van der Waals surface area contributed by atoms with Crippen LogP contribution in [0.25, 0.3) is 10.9 Å². The number of nitrogens with one attached hydrogen (secondary N) is 1. The summed E-state index contributed by atoms with van der Waals surface area (Å²) in [6.07, 6.45) is 2.61. The second-order valence-electron chi connectivity index (χ2n) is 8.64. The normalized spacial score (nSPS) is 15.7. The SMILES string of the molecule is CCN1CCC(N(CC)C(=O)c2cnc3ccc(C#N)cc3c2NCc2ccc(OC)c(Cl)c2)C1. The summed E-state index contributed by atoms with van der Waals surface area (Å²) in [5.41, 5.74) is 3.35. The summed E-state index contributed by atoms with van der Waals surface area (Å²) < 4.78 is 5.25. The smallest absolute Gasteiger partial charge is 0.257 e. The molecule has 182 valence electrons. The van der Waals surface area contributed by atoms with E-state index in [0.29, 0.717) is 40.7 Å². The van der Waals surface area contributed by atoms with Crippen LogP contribution < -0.4 is 10.1 Å². The van der Waals surface area contributed by atoms with Crippen LogP contribution >= 0.6 is 11.6 Å². The van der Waals surface area contributed by atoms with Crippen LogP contribution in [0.5, 0.6) is 5.75 Å². The molecule has 0 bridgehead atoms. The zero-order valence-corrected chi connectivity index (χ0v) is 21.1. The van der Waals surface area contributed by atoms with Crippen molar-refractivity contribution in [1.29, 1.82) is 5.26 Å². The van der Waals surface area contributed by atoms with E-state index in [9.17, 15) is 10.1 Å². The number of aromatic nitrogens is 1. The van der Waals surface area contributed by atoms with Gasteiger partial charge in [-0.05, 0) is 55.8 Å². The quantitative estimate of drug-likeness (QED) is 0.480. The van der Waals surface area contributed by atoms with Crippen molar-refractivity contribution in [3.8, 4) is 11.8 Å².